The first-order valence-electron chi connectivity index (χ1n) is 13.5. The van der Waals surface area contributed by atoms with Gasteiger partial charge in [-0.05, 0) is 30.4 Å². The maximum Gasteiger partial charge on any atom is 0.310 e. The van der Waals surface area contributed by atoms with E-state index in [1.54, 1.807) is 0 Å². The Balaban J connectivity index is 1.31. The monoisotopic (exact) mass is 548 g/mol. The number of ether oxygens (including phenoxy) is 2. The quantitative estimate of drug-likeness (QED) is 0.372. The molecule has 3 aliphatic heterocycles. The number of carbonyl (C=O) groups is 5. The highest BCUT2D eigenvalue weighted by Gasteiger charge is 2.47. The van der Waals surface area contributed by atoms with Crippen molar-refractivity contribution in [3.63, 3.8) is 0 Å². The molecule has 1 N–H and O–H groups in total. The standard InChI is InChI=1S/C29H32N4O7/c34-19-31(17-20-8-3-1-4-9-20)24-13-14-25(35)32-15-7-12-23(33(32)28(24)38)27(37)30-22-16-26(36)40-29(22)39-18-21-10-5-2-6-11-21/h1-6,8-11,19,22-24,29H,7,12-18H2,(H,30,37)/t22-,23?,24?,29+/m0/s1. The Labute approximate surface area is 232 Å². The average Bonchev–Trinajstić information content (AvgIpc) is 3.27. The first kappa shape index (κ1) is 27.3. The second-order valence-electron chi connectivity index (χ2n) is 10.1. The summed E-state index contributed by atoms with van der Waals surface area (Å²) in [5.41, 5.74) is 1.73. The van der Waals surface area contributed by atoms with Crippen LogP contribution in [0.1, 0.15) is 43.2 Å². The van der Waals surface area contributed by atoms with Gasteiger partial charge in [0.2, 0.25) is 24.5 Å². The third-order valence-electron chi connectivity index (χ3n) is 7.43. The van der Waals surface area contributed by atoms with E-state index >= 15 is 0 Å². The summed E-state index contributed by atoms with van der Waals surface area (Å²) in [5.74, 6) is -1.77. The summed E-state index contributed by atoms with van der Waals surface area (Å²) in [7, 11) is 0. The Morgan fingerprint density at radius 1 is 1.02 bits per heavy atom. The van der Waals surface area contributed by atoms with Crippen LogP contribution in [0.25, 0.3) is 0 Å². The number of benzene rings is 2. The van der Waals surface area contributed by atoms with Crippen LogP contribution < -0.4 is 5.32 Å². The molecular weight excluding hydrogens is 516 g/mol. The average molecular weight is 549 g/mol. The number of esters is 1. The minimum atomic E-state index is -0.985. The zero-order chi connectivity index (χ0) is 28.1. The second kappa shape index (κ2) is 12.3. The molecule has 2 aromatic rings. The second-order valence-corrected chi connectivity index (χ2v) is 10.1. The van der Waals surface area contributed by atoms with Crippen LogP contribution in [0.2, 0.25) is 0 Å². The van der Waals surface area contributed by atoms with Crippen molar-refractivity contribution in [2.75, 3.05) is 6.54 Å². The summed E-state index contributed by atoms with van der Waals surface area (Å²) >= 11 is 0. The Bertz CT molecular complexity index is 1240. The predicted molar refractivity (Wildman–Crippen MR) is 140 cm³/mol. The van der Waals surface area contributed by atoms with Crippen molar-refractivity contribution in [2.45, 2.75) is 69.7 Å². The van der Waals surface area contributed by atoms with Crippen LogP contribution in [0.3, 0.4) is 0 Å². The Morgan fingerprint density at radius 2 is 1.73 bits per heavy atom. The molecule has 0 bridgehead atoms. The van der Waals surface area contributed by atoms with Crippen LogP contribution in [-0.4, -0.2) is 76.0 Å². The maximum atomic E-state index is 13.9. The third kappa shape index (κ3) is 5.99. The molecule has 0 radical (unpaired) electrons. The van der Waals surface area contributed by atoms with Crippen molar-refractivity contribution < 1.29 is 33.4 Å². The van der Waals surface area contributed by atoms with Crippen molar-refractivity contribution in [3.05, 3.63) is 71.8 Å². The molecule has 0 aromatic heterocycles. The number of nitrogens with one attached hydrogen (secondary N) is 1. The van der Waals surface area contributed by atoms with E-state index in [4.69, 9.17) is 9.47 Å². The predicted octanol–water partition coefficient (Wildman–Crippen LogP) is 1.52. The van der Waals surface area contributed by atoms with E-state index in [0.717, 1.165) is 11.1 Å². The molecule has 4 atom stereocenters. The number of hydrogen-bond donors (Lipinski definition) is 1. The fraction of sp³-hybridized carbons (Fsp3) is 0.414. The Kier molecular flexibility index (Phi) is 8.40. The number of amides is 4. The summed E-state index contributed by atoms with van der Waals surface area (Å²) in [4.78, 5) is 66.1. The molecular formula is C29H32N4O7. The summed E-state index contributed by atoms with van der Waals surface area (Å²) in [6.07, 6.45) is 0.629. The van der Waals surface area contributed by atoms with Crippen LogP contribution in [0.5, 0.6) is 0 Å². The van der Waals surface area contributed by atoms with Crippen LogP contribution in [0.15, 0.2) is 60.7 Å². The van der Waals surface area contributed by atoms with E-state index in [-0.39, 0.29) is 38.3 Å². The molecule has 40 heavy (non-hydrogen) atoms. The van der Waals surface area contributed by atoms with Gasteiger partial charge < -0.3 is 19.7 Å². The fourth-order valence-electron chi connectivity index (χ4n) is 5.42. The largest absolute Gasteiger partial charge is 0.433 e. The third-order valence-corrected chi connectivity index (χ3v) is 7.43. The molecule has 3 heterocycles. The smallest absolute Gasteiger partial charge is 0.310 e. The van der Waals surface area contributed by atoms with E-state index in [0.29, 0.717) is 25.8 Å². The van der Waals surface area contributed by atoms with Gasteiger partial charge in [0.1, 0.15) is 18.1 Å². The first-order chi connectivity index (χ1) is 19.4. The minimum absolute atomic E-state index is 0.0702. The molecule has 0 aliphatic carbocycles. The van der Waals surface area contributed by atoms with E-state index in [1.807, 2.05) is 60.7 Å². The maximum absolute atomic E-state index is 13.9. The summed E-state index contributed by atoms with van der Waals surface area (Å²) in [6.45, 7) is 0.683. The van der Waals surface area contributed by atoms with E-state index < -0.39 is 42.2 Å². The lowest BCUT2D eigenvalue weighted by molar-refractivity contribution is -0.179. The SMILES string of the molecule is O=CN(Cc1ccccc1)C1CCC(=O)N2CCCC(C(=O)N[C@H]3CC(=O)O[C@H]3OCc3ccccc3)N2C1=O. The van der Waals surface area contributed by atoms with Crippen LogP contribution in [0, 0.1) is 0 Å². The molecule has 2 unspecified atom stereocenters. The minimum Gasteiger partial charge on any atom is -0.433 e. The van der Waals surface area contributed by atoms with Gasteiger partial charge in [0, 0.05) is 19.5 Å². The van der Waals surface area contributed by atoms with E-state index in [2.05, 4.69) is 5.32 Å². The summed E-state index contributed by atoms with van der Waals surface area (Å²) in [5, 5.41) is 5.38. The first-order valence-corrected chi connectivity index (χ1v) is 13.5. The molecule has 3 fully saturated rings. The topological polar surface area (TPSA) is 126 Å². The highest BCUT2D eigenvalue weighted by atomic mass is 16.7. The highest BCUT2D eigenvalue weighted by molar-refractivity contribution is 5.94. The molecule has 0 saturated carbocycles. The lowest BCUT2D eigenvalue weighted by Crippen LogP contribution is -2.64. The lowest BCUT2D eigenvalue weighted by Gasteiger charge is -2.43. The van der Waals surface area contributed by atoms with Gasteiger partial charge >= 0.3 is 5.97 Å². The van der Waals surface area contributed by atoms with Crippen LogP contribution in [-0.2, 0) is 46.6 Å². The molecule has 3 saturated heterocycles. The number of hydrazine groups is 1. The molecule has 5 rings (SSSR count). The molecule has 210 valence electrons. The lowest BCUT2D eigenvalue weighted by atomic mass is 10.0. The van der Waals surface area contributed by atoms with Gasteiger partial charge in [0.05, 0.1) is 13.0 Å². The van der Waals surface area contributed by atoms with Gasteiger partial charge in [-0.15, -0.1) is 0 Å². The number of cyclic esters (lactones) is 1. The van der Waals surface area contributed by atoms with Gasteiger partial charge in [0.15, 0.2) is 0 Å². The zero-order valence-corrected chi connectivity index (χ0v) is 22.0. The fourth-order valence-corrected chi connectivity index (χ4v) is 5.42. The molecule has 11 nitrogen and oxygen atoms in total. The van der Waals surface area contributed by atoms with Gasteiger partial charge in [-0.1, -0.05) is 60.7 Å². The van der Waals surface area contributed by atoms with Gasteiger partial charge in [-0.25, -0.2) is 5.01 Å². The van der Waals surface area contributed by atoms with E-state index in [1.165, 1.54) is 14.9 Å². The van der Waals surface area contributed by atoms with Crippen LogP contribution >= 0.6 is 0 Å². The Hall–Kier alpha value is -4.25. The van der Waals surface area contributed by atoms with Gasteiger partial charge in [-0.2, -0.15) is 0 Å². The van der Waals surface area contributed by atoms with E-state index in [9.17, 15) is 24.0 Å². The number of hydrogen-bond acceptors (Lipinski definition) is 7. The summed E-state index contributed by atoms with van der Waals surface area (Å²) < 4.78 is 11.1. The number of rotatable bonds is 9. The van der Waals surface area contributed by atoms with Crippen LogP contribution in [0.4, 0.5) is 0 Å². The van der Waals surface area contributed by atoms with Crippen molar-refractivity contribution in [1.29, 1.82) is 0 Å². The summed E-state index contributed by atoms with van der Waals surface area (Å²) in [6, 6.07) is 16.0. The number of carbonyl (C=O) groups excluding carboxylic acids is 5. The zero-order valence-electron chi connectivity index (χ0n) is 22.0. The Morgan fingerprint density at radius 3 is 2.42 bits per heavy atom. The van der Waals surface area contributed by atoms with Crippen molar-refractivity contribution in [2.24, 2.45) is 0 Å². The van der Waals surface area contributed by atoms with Crippen molar-refractivity contribution >= 4 is 30.1 Å². The highest BCUT2D eigenvalue weighted by Crippen LogP contribution is 2.28. The number of fused-ring (bicyclic) bond motifs is 1. The molecule has 4 amide bonds. The normalized spacial score (nSPS) is 24.6. The molecule has 11 heteroatoms. The van der Waals surface area contributed by atoms with Crippen molar-refractivity contribution in [1.82, 2.24) is 20.2 Å². The van der Waals surface area contributed by atoms with Gasteiger partial charge in [-0.3, -0.25) is 29.0 Å². The molecule has 2 aromatic carbocycles. The van der Waals surface area contributed by atoms with Gasteiger partial charge in [0.25, 0.3) is 5.91 Å². The molecule has 0 spiro atoms. The number of nitrogens with zero attached hydrogens (tertiary/aromatic N) is 3. The molecule has 3 aliphatic rings. The van der Waals surface area contributed by atoms with Crippen molar-refractivity contribution in [3.8, 4) is 0 Å².